The molecule has 1 N–H and O–H groups in total. The summed E-state index contributed by atoms with van der Waals surface area (Å²) in [4.78, 5) is 15.8. The summed E-state index contributed by atoms with van der Waals surface area (Å²) in [6.45, 7) is 0.400. The zero-order valence-electron chi connectivity index (χ0n) is 5.99. The molecule has 1 heterocycles. The molecule has 1 aliphatic rings. The molecule has 1 fully saturated rings. The van der Waals surface area contributed by atoms with Crippen molar-refractivity contribution in [1.29, 1.82) is 0 Å². The van der Waals surface area contributed by atoms with Gasteiger partial charge in [0.25, 0.3) is 5.91 Å². The van der Waals surface area contributed by atoms with E-state index in [1.807, 2.05) is 0 Å². The van der Waals surface area contributed by atoms with Crippen LogP contribution in [0.5, 0.6) is 0 Å². The molecule has 1 saturated heterocycles. The Balaban J connectivity index is 2.38. The average Bonchev–Trinajstić information content (AvgIpc) is 2.36. The number of hydrogen-bond acceptors (Lipinski definition) is 3. The number of aliphatic hydroxyl groups excluding tert-OH is 1. The number of hydroxylamine groups is 2. The van der Waals surface area contributed by atoms with E-state index in [1.54, 1.807) is 0 Å². The maximum Gasteiger partial charge on any atom is 0.258 e. The highest BCUT2D eigenvalue weighted by Gasteiger charge is 2.24. The summed E-state index contributed by atoms with van der Waals surface area (Å²) in [5.41, 5.74) is 0. The number of terminal acetylenes is 1. The van der Waals surface area contributed by atoms with Gasteiger partial charge in [-0.05, 0) is 0 Å². The molecule has 1 unspecified atom stereocenters. The summed E-state index contributed by atoms with van der Waals surface area (Å²) >= 11 is 0. The number of β-amino-alcohol motifs (C(OH)–C–C–N with tert-alkyl or cyclic N) is 1. The molecule has 60 valence electrons. The summed E-state index contributed by atoms with van der Waals surface area (Å²) in [5.74, 6) is 1.93. The molecule has 0 aliphatic carbocycles. The summed E-state index contributed by atoms with van der Waals surface area (Å²) in [6.07, 6.45) is 4.36. The number of rotatable bonds is 1. The Morgan fingerprint density at radius 3 is 3.09 bits per heavy atom. The SMILES string of the molecule is C#CCC(=O)N1CC(O)CO1. The molecule has 4 heteroatoms. The fourth-order valence-corrected chi connectivity index (χ4v) is 0.822. The van der Waals surface area contributed by atoms with Crippen LogP contribution in [0, 0.1) is 12.3 Å². The molecule has 0 radical (unpaired) electrons. The molecule has 0 aromatic rings. The van der Waals surface area contributed by atoms with Crippen LogP contribution in [0.15, 0.2) is 0 Å². The Bertz CT molecular complexity index is 196. The summed E-state index contributed by atoms with van der Waals surface area (Å²) in [7, 11) is 0. The molecule has 1 rings (SSSR count). The van der Waals surface area contributed by atoms with Crippen molar-refractivity contribution >= 4 is 5.91 Å². The summed E-state index contributed by atoms with van der Waals surface area (Å²) in [6, 6.07) is 0. The monoisotopic (exact) mass is 155 g/mol. The highest BCUT2D eigenvalue weighted by Crippen LogP contribution is 2.06. The fraction of sp³-hybridized carbons (Fsp3) is 0.571. The van der Waals surface area contributed by atoms with Crippen molar-refractivity contribution in [3.05, 3.63) is 0 Å². The fourth-order valence-electron chi connectivity index (χ4n) is 0.822. The van der Waals surface area contributed by atoms with Crippen LogP contribution < -0.4 is 0 Å². The largest absolute Gasteiger partial charge is 0.389 e. The van der Waals surface area contributed by atoms with Gasteiger partial charge in [0.1, 0.15) is 6.61 Å². The van der Waals surface area contributed by atoms with Gasteiger partial charge in [-0.2, -0.15) is 0 Å². The van der Waals surface area contributed by atoms with Crippen LogP contribution in [0.1, 0.15) is 6.42 Å². The van der Waals surface area contributed by atoms with Crippen LogP contribution >= 0.6 is 0 Å². The number of carbonyl (C=O) groups excluding carboxylic acids is 1. The van der Waals surface area contributed by atoms with Crippen molar-refractivity contribution in [2.24, 2.45) is 0 Å². The van der Waals surface area contributed by atoms with E-state index in [-0.39, 0.29) is 25.5 Å². The zero-order valence-corrected chi connectivity index (χ0v) is 5.99. The molecular formula is C7H9NO3. The molecule has 1 aliphatic heterocycles. The van der Waals surface area contributed by atoms with Gasteiger partial charge in [0.2, 0.25) is 0 Å². The van der Waals surface area contributed by atoms with Crippen molar-refractivity contribution in [3.63, 3.8) is 0 Å². The van der Waals surface area contributed by atoms with Crippen molar-refractivity contribution in [2.45, 2.75) is 12.5 Å². The number of hydrogen-bond donors (Lipinski definition) is 1. The second-order valence-electron chi connectivity index (χ2n) is 2.29. The van der Waals surface area contributed by atoms with E-state index in [0.29, 0.717) is 0 Å². The van der Waals surface area contributed by atoms with Crippen molar-refractivity contribution in [2.75, 3.05) is 13.2 Å². The Morgan fingerprint density at radius 1 is 1.91 bits per heavy atom. The van der Waals surface area contributed by atoms with E-state index in [0.717, 1.165) is 5.06 Å². The van der Waals surface area contributed by atoms with E-state index in [9.17, 15) is 4.79 Å². The maximum absolute atomic E-state index is 10.9. The van der Waals surface area contributed by atoms with E-state index in [2.05, 4.69) is 5.92 Å². The molecule has 0 aromatic carbocycles. The minimum Gasteiger partial charge on any atom is -0.389 e. The smallest absolute Gasteiger partial charge is 0.258 e. The maximum atomic E-state index is 10.9. The number of amides is 1. The first-order valence-electron chi connectivity index (χ1n) is 3.29. The lowest BCUT2D eigenvalue weighted by Crippen LogP contribution is -2.27. The minimum absolute atomic E-state index is 0.0206. The topological polar surface area (TPSA) is 49.8 Å². The van der Waals surface area contributed by atoms with Gasteiger partial charge in [0.15, 0.2) is 0 Å². The molecule has 0 spiro atoms. The third-order valence-electron chi connectivity index (χ3n) is 1.33. The van der Waals surface area contributed by atoms with E-state index in [4.69, 9.17) is 16.4 Å². The standard InChI is InChI=1S/C7H9NO3/c1-2-3-7(10)8-4-6(9)5-11-8/h1,6,9H,3-5H2. The van der Waals surface area contributed by atoms with E-state index < -0.39 is 6.10 Å². The van der Waals surface area contributed by atoms with Crippen LogP contribution in [-0.2, 0) is 9.63 Å². The highest BCUT2D eigenvalue weighted by molar-refractivity contribution is 5.77. The Morgan fingerprint density at radius 2 is 2.64 bits per heavy atom. The minimum atomic E-state index is -0.572. The molecule has 0 saturated carbocycles. The normalized spacial score (nSPS) is 23.3. The highest BCUT2D eigenvalue weighted by atomic mass is 16.7. The molecule has 4 nitrogen and oxygen atoms in total. The van der Waals surface area contributed by atoms with Gasteiger partial charge in [-0.3, -0.25) is 9.63 Å². The van der Waals surface area contributed by atoms with E-state index in [1.165, 1.54) is 0 Å². The van der Waals surface area contributed by atoms with Gasteiger partial charge in [0, 0.05) is 0 Å². The van der Waals surface area contributed by atoms with Gasteiger partial charge >= 0.3 is 0 Å². The summed E-state index contributed by atoms with van der Waals surface area (Å²) < 4.78 is 0. The lowest BCUT2D eigenvalue weighted by Gasteiger charge is -2.10. The quantitative estimate of drug-likeness (QED) is 0.501. The Kier molecular flexibility index (Phi) is 2.47. The van der Waals surface area contributed by atoms with Gasteiger partial charge in [-0.1, -0.05) is 5.92 Å². The first kappa shape index (κ1) is 8.05. The predicted octanol–water partition coefficient (Wildman–Crippen LogP) is -0.856. The van der Waals surface area contributed by atoms with E-state index >= 15 is 0 Å². The number of nitrogens with zero attached hydrogens (tertiary/aromatic N) is 1. The van der Waals surface area contributed by atoms with Gasteiger partial charge in [0.05, 0.1) is 19.1 Å². The molecule has 1 atom stereocenters. The first-order chi connectivity index (χ1) is 5.24. The van der Waals surface area contributed by atoms with Gasteiger partial charge in [-0.25, -0.2) is 5.06 Å². The average molecular weight is 155 g/mol. The second kappa shape index (κ2) is 3.37. The first-order valence-corrected chi connectivity index (χ1v) is 3.29. The van der Waals surface area contributed by atoms with Crippen LogP contribution in [0.3, 0.4) is 0 Å². The third-order valence-corrected chi connectivity index (χ3v) is 1.33. The van der Waals surface area contributed by atoms with Crippen LogP contribution in [0.4, 0.5) is 0 Å². The molecule has 0 bridgehead atoms. The zero-order chi connectivity index (χ0) is 8.27. The molecule has 1 amide bonds. The third kappa shape index (κ3) is 1.93. The van der Waals surface area contributed by atoms with Crippen molar-refractivity contribution in [1.82, 2.24) is 5.06 Å². The van der Waals surface area contributed by atoms with Crippen molar-refractivity contribution < 1.29 is 14.7 Å². The van der Waals surface area contributed by atoms with Crippen LogP contribution in [-0.4, -0.2) is 35.3 Å². The number of aliphatic hydroxyl groups is 1. The number of carbonyl (C=O) groups is 1. The lowest BCUT2D eigenvalue weighted by atomic mass is 10.3. The molecule has 11 heavy (non-hydrogen) atoms. The van der Waals surface area contributed by atoms with Crippen molar-refractivity contribution in [3.8, 4) is 12.3 Å². The Hall–Kier alpha value is -1.05. The predicted molar refractivity (Wildman–Crippen MR) is 37.1 cm³/mol. The van der Waals surface area contributed by atoms with Gasteiger partial charge in [-0.15, -0.1) is 6.42 Å². The Labute approximate surface area is 64.7 Å². The van der Waals surface area contributed by atoms with Gasteiger partial charge < -0.3 is 5.11 Å². The summed E-state index contributed by atoms with van der Waals surface area (Å²) in [5, 5.41) is 10.0. The molecule has 0 aromatic heterocycles. The molecular weight excluding hydrogens is 146 g/mol. The lowest BCUT2D eigenvalue weighted by molar-refractivity contribution is -0.167. The van der Waals surface area contributed by atoms with Crippen LogP contribution in [0.25, 0.3) is 0 Å². The second-order valence-corrected chi connectivity index (χ2v) is 2.29. The van der Waals surface area contributed by atoms with Crippen LogP contribution in [0.2, 0.25) is 0 Å².